The molecule has 1 N–H and O–H groups in total. The van der Waals surface area contributed by atoms with Gasteiger partial charge < -0.3 is 4.74 Å². The van der Waals surface area contributed by atoms with Gasteiger partial charge in [0, 0.05) is 10.0 Å². The Bertz CT molecular complexity index is 1610. The molecule has 4 aromatic rings. The van der Waals surface area contributed by atoms with Gasteiger partial charge in [-0.05, 0) is 109 Å². The van der Waals surface area contributed by atoms with Gasteiger partial charge in [0.25, 0.3) is 15.9 Å². The molecule has 7 nitrogen and oxygen atoms in total. The Morgan fingerprint density at radius 3 is 2.12 bits per heavy atom. The molecule has 0 unspecified atom stereocenters. The van der Waals surface area contributed by atoms with Gasteiger partial charge in [-0.1, -0.05) is 41.4 Å². The molecule has 0 atom stereocenters. The summed E-state index contributed by atoms with van der Waals surface area (Å²) in [6.07, 6.45) is 1.47. The van der Waals surface area contributed by atoms with Crippen LogP contribution >= 0.6 is 23.2 Å². The molecule has 40 heavy (non-hydrogen) atoms. The lowest BCUT2D eigenvalue weighted by Crippen LogP contribution is -2.39. The number of hydrogen-bond acceptors (Lipinski definition) is 5. The molecule has 206 valence electrons. The van der Waals surface area contributed by atoms with E-state index in [1.54, 1.807) is 36.4 Å². The monoisotopic (exact) mass is 595 g/mol. The highest BCUT2D eigenvalue weighted by Gasteiger charge is 2.27. The molecule has 0 saturated heterocycles. The second-order valence-corrected chi connectivity index (χ2v) is 11.7. The van der Waals surface area contributed by atoms with E-state index in [9.17, 15) is 13.2 Å². The van der Waals surface area contributed by atoms with Gasteiger partial charge in [0.1, 0.15) is 18.9 Å². The topological polar surface area (TPSA) is 88.1 Å². The van der Waals surface area contributed by atoms with Crippen LogP contribution in [0.5, 0.6) is 5.75 Å². The van der Waals surface area contributed by atoms with Crippen molar-refractivity contribution >= 4 is 51.0 Å². The lowest BCUT2D eigenvalue weighted by molar-refractivity contribution is -0.119. The number of anilines is 1. The van der Waals surface area contributed by atoms with E-state index in [1.807, 2.05) is 44.2 Å². The van der Waals surface area contributed by atoms with Crippen LogP contribution in [0.25, 0.3) is 0 Å². The van der Waals surface area contributed by atoms with Gasteiger partial charge in [0.2, 0.25) is 0 Å². The second kappa shape index (κ2) is 13.0. The van der Waals surface area contributed by atoms with Crippen LogP contribution in [0.1, 0.15) is 22.3 Å². The van der Waals surface area contributed by atoms with E-state index in [-0.39, 0.29) is 4.90 Å². The van der Waals surface area contributed by atoms with Crippen LogP contribution in [-0.4, -0.2) is 27.1 Å². The zero-order chi connectivity index (χ0) is 28.7. The zero-order valence-corrected chi connectivity index (χ0v) is 24.2. The summed E-state index contributed by atoms with van der Waals surface area (Å²) < 4.78 is 33.9. The van der Waals surface area contributed by atoms with Crippen LogP contribution in [0.2, 0.25) is 10.0 Å². The minimum atomic E-state index is -4.06. The number of hydrogen-bond donors (Lipinski definition) is 1. The van der Waals surface area contributed by atoms with E-state index in [1.165, 1.54) is 30.5 Å². The van der Waals surface area contributed by atoms with Crippen molar-refractivity contribution in [2.75, 3.05) is 10.8 Å². The maximum atomic E-state index is 13.5. The number of nitrogens with zero attached hydrogens (tertiary/aromatic N) is 2. The molecule has 10 heteroatoms. The molecular weight excluding hydrogens is 569 g/mol. The fraction of sp³-hybridized carbons (Fsp3) is 0.133. The quantitative estimate of drug-likeness (QED) is 0.167. The van der Waals surface area contributed by atoms with Crippen molar-refractivity contribution in [1.82, 2.24) is 5.43 Å². The Hall–Kier alpha value is -3.85. The molecule has 0 heterocycles. The van der Waals surface area contributed by atoms with E-state index in [4.69, 9.17) is 27.9 Å². The molecule has 0 aliphatic heterocycles. The van der Waals surface area contributed by atoms with Gasteiger partial charge in [0.15, 0.2) is 0 Å². The Labute approximate surface area is 244 Å². The highest BCUT2D eigenvalue weighted by Crippen LogP contribution is 2.26. The molecule has 0 aliphatic rings. The summed E-state index contributed by atoms with van der Waals surface area (Å²) >= 11 is 11.9. The van der Waals surface area contributed by atoms with Crippen molar-refractivity contribution in [2.24, 2.45) is 5.10 Å². The van der Waals surface area contributed by atoms with Crippen LogP contribution < -0.4 is 14.5 Å². The summed E-state index contributed by atoms with van der Waals surface area (Å²) in [5.41, 5.74) is 6.40. The summed E-state index contributed by atoms with van der Waals surface area (Å²) in [5.74, 6) is 0.0718. The molecule has 0 bridgehead atoms. The molecule has 0 aliphatic carbocycles. The van der Waals surface area contributed by atoms with Gasteiger partial charge >= 0.3 is 0 Å². The Balaban J connectivity index is 1.42. The van der Waals surface area contributed by atoms with Gasteiger partial charge in [-0.15, -0.1) is 0 Å². The third kappa shape index (κ3) is 7.63. The van der Waals surface area contributed by atoms with Gasteiger partial charge in [-0.25, -0.2) is 13.8 Å². The first kappa shape index (κ1) is 29.1. The van der Waals surface area contributed by atoms with Crippen molar-refractivity contribution in [1.29, 1.82) is 0 Å². The maximum Gasteiger partial charge on any atom is 0.264 e. The molecule has 0 aromatic heterocycles. The van der Waals surface area contributed by atoms with Gasteiger partial charge in [-0.2, -0.15) is 5.10 Å². The fourth-order valence-electron chi connectivity index (χ4n) is 3.67. The van der Waals surface area contributed by atoms with E-state index < -0.39 is 22.5 Å². The largest absolute Gasteiger partial charge is 0.489 e. The predicted octanol–water partition coefficient (Wildman–Crippen LogP) is 6.53. The van der Waals surface area contributed by atoms with Gasteiger partial charge in [-0.3, -0.25) is 9.10 Å². The number of ether oxygens (including phenoxy) is 1. The van der Waals surface area contributed by atoms with Crippen molar-refractivity contribution < 1.29 is 17.9 Å². The summed E-state index contributed by atoms with van der Waals surface area (Å²) in [5, 5.41) is 5.08. The molecule has 0 fully saturated rings. The van der Waals surface area contributed by atoms with E-state index >= 15 is 0 Å². The normalized spacial score (nSPS) is 11.4. The standard InChI is InChI=1S/C30H27Cl2N3O4S/c1-21-3-12-27(17-22(21)2)35(40(37,38)29-15-10-26(32)11-16-29)19-30(36)34-33-18-23-6-13-28(14-7-23)39-20-24-4-8-25(31)9-5-24/h3-18H,19-20H2,1-2H3,(H,34,36)/b33-18-. The lowest BCUT2D eigenvalue weighted by Gasteiger charge is -2.24. The maximum absolute atomic E-state index is 13.5. The fourth-order valence-corrected chi connectivity index (χ4v) is 5.34. The summed E-state index contributed by atoms with van der Waals surface area (Å²) in [4.78, 5) is 12.8. The second-order valence-electron chi connectivity index (χ2n) is 9.01. The van der Waals surface area contributed by atoms with E-state index in [0.717, 1.165) is 26.6 Å². The average Bonchev–Trinajstić information content (AvgIpc) is 2.94. The number of benzene rings is 4. The number of nitrogens with one attached hydrogen (secondary N) is 1. The predicted molar refractivity (Wildman–Crippen MR) is 160 cm³/mol. The number of sulfonamides is 1. The SMILES string of the molecule is Cc1ccc(N(CC(=O)N/N=C\c2ccc(OCc3ccc(Cl)cc3)cc2)S(=O)(=O)c2ccc(Cl)cc2)cc1C. The van der Waals surface area contributed by atoms with Crippen molar-refractivity contribution in [2.45, 2.75) is 25.3 Å². The first-order chi connectivity index (χ1) is 19.1. The highest BCUT2D eigenvalue weighted by molar-refractivity contribution is 7.92. The summed E-state index contributed by atoms with van der Waals surface area (Å²) in [6.45, 7) is 3.74. The molecule has 0 spiro atoms. The van der Waals surface area contributed by atoms with Crippen LogP contribution in [0.4, 0.5) is 5.69 Å². The minimum absolute atomic E-state index is 0.0183. The molecule has 4 aromatic carbocycles. The van der Waals surface area contributed by atoms with Crippen molar-refractivity contribution in [3.8, 4) is 5.75 Å². The number of amides is 1. The first-order valence-corrected chi connectivity index (χ1v) is 14.5. The Morgan fingerprint density at radius 2 is 1.50 bits per heavy atom. The highest BCUT2D eigenvalue weighted by atomic mass is 35.5. The number of hydrazone groups is 1. The van der Waals surface area contributed by atoms with Crippen LogP contribution in [0.3, 0.4) is 0 Å². The molecule has 0 radical (unpaired) electrons. The number of rotatable bonds is 10. The van der Waals surface area contributed by atoms with Crippen LogP contribution in [0.15, 0.2) is 101 Å². The average molecular weight is 597 g/mol. The van der Waals surface area contributed by atoms with Crippen LogP contribution in [0, 0.1) is 13.8 Å². The number of aryl methyl sites for hydroxylation is 2. The first-order valence-electron chi connectivity index (χ1n) is 12.3. The van der Waals surface area contributed by atoms with Gasteiger partial charge in [0.05, 0.1) is 16.8 Å². The zero-order valence-electron chi connectivity index (χ0n) is 21.8. The molecular formula is C30H27Cl2N3O4S. The molecule has 4 rings (SSSR count). The number of carbonyl (C=O) groups is 1. The van der Waals surface area contributed by atoms with Crippen LogP contribution in [-0.2, 0) is 21.4 Å². The minimum Gasteiger partial charge on any atom is -0.489 e. The van der Waals surface area contributed by atoms with Crippen molar-refractivity contribution in [3.05, 3.63) is 123 Å². The third-order valence-corrected chi connectivity index (χ3v) is 8.36. The Kier molecular flexibility index (Phi) is 9.47. The third-order valence-electron chi connectivity index (χ3n) is 6.07. The number of halogens is 2. The summed E-state index contributed by atoms with van der Waals surface area (Å²) in [7, 11) is -4.06. The molecule has 1 amide bonds. The lowest BCUT2D eigenvalue weighted by atomic mass is 10.1. The number of carbonyl (C=O) groups excluding carboxylic acids is 1. The summed E-state index contributed by atoms with van der Waals surface area (Å²) in [6, 6.07) is 25.6. The van der Waals surface area contributed by atoms with E-state index in [2.05, 4.69) is 10.5 Å². The molecule has 0 saturated carbocycles. The van der Waals surface area contributed by atoms with Crippen molar-refractivity contribution in [3.63, 3.8) is 0 Å². The van der Waals surface area contributed by atoms with E-state index in [0.29, 0.717) is 28.1 Å². The smallest absolute Gasteiger partial charge is 0.264 e. The Morgan fingerprint density at radius 1 is 0.875 bits per heavy atom.